The van der Waals surface area contributed by atoms with Crippen molar-refractivity contribution < 1.29 is 0 Å². The molecule has 0 fully saturated rings. The second-order valence-electron chi connectivity index (χ2n) is 8.98. The topological polar surface area (TPSA) is 20.2 Å². The molecule has 180 valence electrons. The average Bonchev–Trinajstić information content (AvgIpc) is 3.07. The Labute approximate surface area is 210 Å². The molecule has 5 heteroatoms. The van der Waals surface area contributed by atoms with Crippen LogP contribution in [0.1, 0.15) is 62.8 Å². The van der Waals surface area contributed by atoms with Crippen LogP contribution in [0.15, 0.2) is 42.5 Å². The van der Waals surface area contributed by atoms with Gasteiger partial charge in [0.2, 0.25) is 0 Å². The molecule has 0 saturated carbocycles. The van der Waals surface area contributed by atoms with Crippen molar-refractivity contribution in [3.63, 3.8) is 0 Å². The van der Waals surface area contributed by atoms with Gasteiger partial charge in [0.05, 0.1) is 0 Å². The zero-order chi connectivity index (χ0) is 23.6. The fourth-order valence-corrected chi connectivity index (χ4v) is 4.96. The predicted octanol–water partition coefficient (Wildman–Crippen LogP) is 7.69. The van der Waals surface area contributed by atoms with E-state index in [4.69, 9.17) is 23.2 Å². The number of nitrogens with one attached hydrogen (secondary N) is 1. The monoisotopic (exact) mass is 487 g/mol. The molecule has 0 amide bonds. The van der Waals surface area contributed by atoms with Gasteiger partial charge in [-0.1, -0.05) is 74.2 Å². The van der Waals surface area contributed by atoms with E-state index in [-0.39, 0.29) is 0 Å². The molecule has 1 heterocycles. The number of para-hydroxylation sites is 1. The highest BCUT2D eigenvalue weighted by atomic mass is 35.5. The molecule has 3 aromatic rings. The summed E-state index contributed by atoms with van der Waals surface area (Å²) >= 11 is 12.6. The summed E-state index contributed by atoms with van der Waals surface area (Å²) in [5.74, 6) is 0. The molecule has 2 aromatic carbocycles. The third kappa shape index (κ3) is 7.23. The van der Waals surface area contributed by atoms with Crippen molar-refractivity contribution in [1.29, 1.82) is 0 Å². The van der Waals surface area contributed by atoms with E-state index in [0.717, 1.165) is 30.2 Å². The lowest BCUT2D eigenvalue weighted by atomic mass is 10.1. The predicted molar refractivity (Wildman–Crippen MR) is 145 cm³/mol. The first kappa shape index (κ1) is 26.1. The molecule has 0 spiro atoms. The largest absolute Gasteiger partial charge is 0.340 e. The van der Waals surface area contributed by atoms with Gasteiger partial charge >= 0.3 is 0 Å². The maximum absolute atomic E-state index is 6.48. The summed E-state index contributed by atoms with van der Waals surface area (Å²) in [6.07, 6.45) is 6.32. The van der Waals surface area contributed by atoms with Gasteiger partial charge in [-0.2, -0.15) is 0 Å². The van der Waals surface area contributed by atoms with Gasteiger partial charge in [0, 0.05) is 39.7 Å². The number of fused-ring (bicyclic) bond motifs is 1. The van der Waals surface area contributed by atoms with Crippen LogP contribution >= 0.6 is 23.2 Å². The number of rotatable bonds is 14. The quantitative estimate of drug-likeness (QED) is 0.235. The average molecular weight is 489 g/mol. The molecule has 0 aliphatic rings. The number of aromatic nitrogens is 1. The second kappa shape index (κ2) is 13.4. The van der Waals surface area contributed by atoms with Crippen LogP contribution in [0.2, 0.25) is 10.0 Å². The molecule has 0 aliphatic heterocycles. The normalized spacial score (nSPS) is 11.7. The lowest BCUT2D eigenvalue weighted by molar-refractivity contribution is 0.261. The van der Waals surface area contributed by atoms with E-state index in [2.05, 4.69) is 59.8 Å². The molecule has 3 rings (SSSR count). The number of hydrogen-bond donors (Lipinski definition) is 1. The van der Waals surface area contributed by atoms with Crippen molar-refractivity contribution in [3.05, 3.63) is 69.3 Å². The molecule has 33 heavy (non-hydrogen) atoms. The van der Waals surface area contributed by atoms with Crippen LogP contribution in [-0.2, 0) is 13.1 Å². The van der Waals surface area contributed by atoms with Crippen LogP contribution in [0.3, 0.4) is 0 Å². The fraction of sp³-hybridized carbons (Fsp3) is 0.500. The van der Waals surface area contributed by atoms with Gasteiger partial charge in [-0.25, -0.2) is 0 Å². The Morgan fingerprint density at radius 1 is 0.909 bits per heavy atom. The van der Waals surface area contributed by atoms with Crippen molar-refractivity contribution in [2.45, 2.75) is 66.0 Å². The van der Waals surface area contributed by atoms with Crippen molar-refractivity contribution in [1.82, 2.24) is 14.8 Å². The zero-order valence-electron chi connectivity index (χ0n) is 20.5. The number of benzene rings is 2. The van der Waals surface area contributed by atoms with E-state index in [0.29, 0.717) is 5.02 Å². The van der Waals surface area contributed by atoms with E-state index in [1.165, 1.54) is 73.9 Å². The van der Waals surface area contributed by atoms with Crippen LogP contribution in [0.25, 0.3) is 10.9 Å². The van der Waals surface area contributed by atoms with Crippen molar-refractivity contribution in [2.24, 2.45) is 0 Å². The van der Waals surface area contributed by atoms with Gasteiger partial charge < -0.3 is 14.8 Å². The Morgan fingerprint density at radius 2 is 1.61 bits per heavy atom. The Morgan fingerprint density at radius 3 is 2.30 bits per heavy atom. The lowest BCUT2D eigenvalue weighted by Crippen LogP contribution is -2.29. The highest BCUT2D eigenvalue weighted by molar-refractivity contribution is 6.35. The standard InChI is InChI=1S/C28H39Cl2N3/c1-4-6-16-32(17-7-5-2)18-10-15-31-20-26-22(3)33(28-12-9-8-11-25(26)28)21-23-13-14-24(29)19-27(23)30/h8-9,11-14,19,31H,4-7,10,15-18,20-21H2,1-3H3. The summed E-state index contributed by atoms with van der Waals surface area (Å²) in [6.45, 7) is 13.1. The molecular weight excluding hydrogens is 449 g/mol. The third-order valence-corrected chi connectivity index (χ3v) is 7.08. The van der Waals surface area contributed by atoms with Crippen LogP contribution in [0.5, 0.6) is 0 Å². The maximum Gasteiger partial charge on any atom is 0.0493 e. The van der Waals surface area contributed by atoms with Crippen LogP contribution in [0, 0.1) is 6.92 Å². The van der Waals surface area contributed by atoms with E-state index in [1.807, 2.05) is 18.2 Å². The summed E-state index contributed by atoms with van der Waals surface area (Å²) in [5.41, 5.74) is 5.01. The molecular formula is C28H39Cl2N3. The highest BCUT2D eigenvalue weighted by Crippen LogP contribution is 2.29. The SMILES string of the molecule is CCCCN(CCCC)CCCNCc1c(C)n(Cc2ccc(Cl)cc2Cl)c2ccccc12. The Balaban J connectivity index is 1.64. The lowest BCUT2D eigenvalue weighted by Gasteiger charge is -2.22. The first-order valence-corrected chi connectivity index (χ1v) is 13.2. The number of halogens is 2. The van der Waals surface area contributed by atoms with Gasteiger partial charge in [-0.3, -0.25) is 0 Å². The first-order valence-electron chi connectivity index (χ1n) is 12.5. The van der Waals surface area contributed by atoms with Crippen molar-refractivity contribution >= 4 is 34.1 Å². The minimum Gasteiger partial charge on any atom is -0.340 e. The number of unbranched alkanes of at least 4 members (excludes halogenated alkanes) is 2. The van der Waals surface area contributed by atoms with Gasteiger partial charge in [0.15, 0.2) is 0 Å². The molecule has 0 saturated heterocycles. The smallest absolute Gasteiger partial charge is 0.0493 e. The third-order valence-electron chi connectivity index (χ3n) is 6.49. The molecule has 3 nitrogen and oxygen atoms in total. The summed E-state index contributed by atoms with van der Waals surface area (Å²) in [7, 11) is 0. The maximum atomic E-state index is 6.48. The second-order valence-corrected chi connectivity index (χ2v) is 9.83. The molecule has 0 unspecified atom stereocenters. The van der Waals surface area contributed by atoms with Crippen LogP contribution in [0.4, 0.5) is 0 Å². The first-order chi connectivity index (χ1) is 16.0. The summed E-state index contributed by atoms with van der Waals surface area (Å²) < 4.78 is 2.37. The molecule has 1 N–H and O–H groups in total. The van der Waals surface area contributed by atoms with Gasteiger partial charge in [-0.15, -0.1) is 0 Å². The van der Waals surface area contributed by atoms with Crippen LogP contribution in [-0.4, -0.2) is 35.6 Å². The van der Waals surface area contributed by atoms with Crippen molar-refractivity contribution in [2.75, 3.05) is 26.2 Å². The Kier molecular flexibility index (Phi) is 10.6. The van der Waals surface area contributed by atoms with Gasteiger partial charge in [-0.05, 0) is 81.7 Å². The molecule has 0 bridgehead atoms. The highest BCUT2D eigenvalue weighted by Gasteiger charge is 2.15. The molecule has 1 aromatic heterocycles. The number of nitrogens with zero attached hydrogens (tertiary/aromatic N) is 2. The van der Waals surface area contributed by atoms with E-state index in [1.54, 1.807) is 0 Å². The summed E-state index contributed by atoms with van der Waals surface area (Å²) in [5, 5.41) is 6.42. The van der Waals surface area contributed by atoms with Crippen LogP contribution < -0.4 is 5.32 Å². The minimum atomic E-state index is 0.672. The number of hydrogen-bond acceptors (Lipinski definition) is 2. The minimum absolute atomic E-state index is 0.672. The fourth-order valence-electron chi connectivity index (χ4n) is 4.49. The van der Waals surface area contributed by atoms with Gasteiger partial charge in [0.25, 0.3) is 0 Å². The summed E-state index contributed by atoms with van der Waals surface area (Å²) in [4.78, 5) is 2.64. The van der Waals surface area contributed by atoms with E-state index in [9.17, 15) is 0 Å². The molecule has 0 radical (unpaired) electrons. The summed E-state index contributed by atoms with van der Waals surface area (Å²) in [6, 6.07) is 14.4. The van der Waals surface area contributed by atoms with Gasteiger partial charge in [0.1, 0.15) is 0 Å². The molecule has 0 aliphatic carbocycles. The van der Waals surface area contributed by atoms with E-state index >= 15 is 0 Å². The Hall–Kier alpha value is -1.52. The van der Waals surface area contributed by atoms with Crippen molar-refractivity contribution in [3.8, 4) is 0 Å². The van der Waals surface area contributed by atoms with E-state index < -0.39 is 0 Å². The Bertz CT molecular complexity index is 1000. The molecule has 0 atom stereocenters. The zero-order valence-corrected chi connectivity index (χ0v) is 22.0.